The summed E-state index contributed by atoms with van der Waals surface area (Å²) in [6.45, 7) is 16.9. The van der Waals surface area contributed by atoms with E-state index in [1.165, 1.54) is 17.3 Å². The molecule has 0 saturated heterocycles. The summed E-state index contributed by atoms with van der Waals surface area (Å²) in [6.07, 6.45) is 4.33. The molecule has 2 atom stereocenters. The van der Waals surface area contributed by atoms with Gasteiger partial charge in [0.2, 0.25) is 0 Å². The number of esters is 1. The Kier molecular flexibility index (Phi) is 10.6. The molecule has 2 unspecified atom stereocenters. The largest absolute Gasteiger partial charge is 0.494 e. The van der Waals surface area contributed by atoms with E-state index < -0.39 is 19.8 Å². The molecule has 40 heavy (non-hydrogen) atoms. The summed E-state index contributed by atoms with van der Waals surface area (Å²) < 4.78 is 19.6. The number of nitrogens with zero attached hydrogens (tertiary/aromatic N) is 1. The Morgan fingerprint density at radius 3 is 2.05 bits per heavy atom. The average Bonchev–Trinajstić information content (AvgIpc) is 2.93. The average molecular weight is 625 g/mol. The quantitative estimate of drug-likeness (QED) is 0.0916. The van der Waals surface area contributed by atoms with Crippen molar-refractivity contribution in [2.75, 3.05) is 13.7 Å². The molecule has 0 saturated carbocycles. The van der Waals surface area contributed by atoms with Gasteiger partial charge in [0.15, 0.2) is 6.10 Å². The molecule has 0 aliphatic carbocycles. The second-order valence-electron chi connectivity index (χ2n) is 11.5. The molecule has 0 aliphatic heterocycles. The van der Waals surface area contributed by atoms with Gasteiger partial charge in [-0.05, 0) is 51.1 Å². The lowest BCUT2D eigenvalue weighted by Gasteiger charge is -2.43. The van der Waals surface area contributed by atoms with Gasteiger partial charge in [0, 0.05) is 35.2 Å². The van der Waals surface area contributed by atoms with Crippen LogP contribution >= 0.6 is 15.9 Å². The summed E-state index contributed by atoms with van der Waals surface area (Å²) in [5.74, 6) is 0.211. The maximum Gasteiger partial charge on any atom is 0.303 e. The van der Waals surface area contributed by atoms with Crippen molar-refractivity contribution in [3.05, 3.63) is 95.2 Å². The van der Waals surface area contributed by atoms with Crippen LogP contribution in [0.4, 0.5) is 0 Å². The van der Waals surface area contributed by atoms with Crippen molar-refractivity contribution in [1.29, 1.82) is 0 Å². The second-order valence-corrected chi connectivity index (χ2v) is 16.6. The first-order valence-electron chi connectivity index (χ1n) is 13.7. The molecule has 2 aromatic carbocycles. The minimum absolute atomic E-state index is 0.107. The predicted molar refractivity (Wildman–Crippen MR) is 169 cm³/mol. The van der Waals surface area contributed by atoms with Crippen molar-refractivity contribution < 1.29 is 18.7 Å². The van der Waals surface area contributed by atoms with E-state index >= 15 is 0 Å². The second kappa shape index (κ2) is 13.3. The van der Waals surface area contributed by atoms with E-state index in [0.29, 0.717) is 24.5 Å². The van der Waals surface area contributed by atoms with Crippen LogP contribution in [0.25, 0.3) is 0 Å². The number of hydrogen-bond acceptors (Lipinski definition) is 5. The Morgan fingerprint density at radius 1 is 1.05 bits per heavy atom. The molecule has 0 amide bonds. The number of rotatable bonds is 12. The van der Waals surface area contributed by atoms with Crippen molar-refractivity contribution in [1.82, 2.24) is 4.98 Å². The molecule has 1 aromatic heterocycles. The Hall–Kier alpha value is -2.74. The van der Waals surface area contributed by atoms with Crippen LogP contribution in [-0.4, -0.2) is 33.0 Å². The van der Waals surface area contributed by atoms with Crippen molar-refractivity contribution in [3.63, 3.8) is 0 Å². The molecule has 1 heterocycles. The highest BCUT2D eigenvalue weighted by Gasteiger charge is 2.50. The van der Waals surface area contributed by atoms with Gasteiger partial charge in [-0.3, -0.25) is 9.78 Å². The highest BCUT2D eigenvalue weighted by molar-refractivity contribution is 9.10. The normalized spacial score (nSPS) is 14.2. The van der Waals surface area contributed by atoms with E-state index in [2.05, 4.69) is 104 Å². The third-order valence-corrected chi connectivity index (χ3v) is 13.5. The van der Waals surface area contributed by atoms with Gasteiger partial charge in [-0.1, -0.05) is 94.4 Å². The number of ether oxygens (including phenoxy) is 2. The maximum absolute atomic E-state index is 12.3. The Bertz CT molecular complexity index is 1250. The van der Waals surface area contributed by atoms with Crippen molar-refractivity contribution in [3.8, 4) is 5.75 Å². The summed E-state index contributed by atoms with van der Waals surface area (Å²) in [5.41, 5.74) is 0.862. The molecule has 0 bridgehead atoms. The third-order valence-electron chi connectivity index (χ3n) is 7.65. The molecule has 0 N–H and O–H groups in total. The molecule has 214 valence electrons. The van der Waals surface area contributed by atoms with Crippen LogP contribution < -0.4 is 15.1 Å². The fraction of sp³-hybridized carbons (Fsp3) is 0.394. The molecule has 0 radical (unpaired) electrons. The zero-order valence-corrected chi connectivity index (χ0v) is 27.4. The van der Waals surface area contributed by atoms with Gasteiger partial charge < -0.3 is 13.9 Å². The molecule has 7 heteroatoms. The van der Waals surface area contributed by atoms with Crippen LogP contribution in [0.1, 0.15) is 64.8 Å². The Morgan fingerprint density at radius 2 is 1.60 bits per heavy atom. The van der Waals surface area contributed by atoms with E-state index in [9.17, 15) is 4.79 Å². The highest BCUT2D eigenvalue weighted by Crippen LogP contribution is 2.46. The van der Waals surface area contributed by atoms with E-state index in [-0.39, 0.29) is 11.0 Å². The van der Waals surface area contributed by atoms with Gasteiger partial charge in [-0.15, -0.1) is 6.58 Å². The number of methoxy groups -OCH3 is 1. The third kappa shape index (κ3) is 6.59. The number of halogens is 1. The molecule has 3 rings (SSSR count). The lowest BCUT2D eigenvalue weighted by Crippen LogP contribution is -2.66. The lowest BCUT2D eigenvalue weighted by atomic mass is 9.78. The van der Waals surface area contributed by atoms with Crippen LogP contribution in [0.15, 0.2) is 84.0 Å². The minimum atomic E-state index is -2.65. The van der Waals surface area contributed by atoms with E-state index in [4.69, 9.17) is 13.9 Å². The molecule has 0 fully saturated rings. The summed E-state index contributed by atoms with van der Waals surface area (Å²) in [6, 6.07) is 21.3. The first-order chi connectivity index (χ1) is 18.9. The SMILES string of the molecule is C=CC(C)(CCCO[Si](c1ccccc1)(c1ccccc1)C(C)(C)C)C(OC(C)=O)c1ncc(Br)c(C)c1OC. The lowest BCUT2D eigenvalue weighted by molar-refractivity contribution is -0.152. The molecule has 3 aromatic rings. The Labute approximate surface area is 249 Å². The van der Waals surface area contributed by atoms with Gasteiger partial charge >= 0.3 is 5.97 Å². The summed E-state index contributed by atoms with van der Waals surface area (Å²) in [7, 11) is -1.05. The summed E-state index contributed by atoms with van der Waals surface area (Å²) in [5, 5.41) is 2.39. The fourth-order valence-electron chi connectivity index (χ4n) is 5.48. The molecule has 0 spiro atoms. The topological polar surface area (TPSA) is 57.7 Å². The van der Waals surface area contributed by atoms with Crippen molar-refractivity contribution in [2.24, 2.45) is 5.41 Å². The first-order valence-corrected chi connectivity index (χ1v) is 16.4. The van der Waals surface area contributed by atoms with Crippen LogP contribution in [0.2, 0.25) is 5.04 Å². The maximum atomic E-state index is 12.3. The van der Waals surface area contributed by atoms with Crippen LogP contribution in [-0.2, 0) is 14.0 Å². The van der Waals surface area contributed by atoms with Crippen LogP contribution in [0.5, 0.6) is 5.75 Å². The number of pyridine rings is 1. The van der Waals surface area contributed by atoms with Gasteiger partial charge in [0.05, 0.1) is 7.11 Å². The smallest absolute Gasteiger partial charge is 0.303 e. The number of carbonyl (C=O) groups excluding carboxylic acids is 1. The molecule has 0 aliphatic rings. The molecule has 5 nitrogen and oxygen atoms in total. The van der Waals surface area contributed by atoms with E-state index in [1.807, 2.05) is 25.1 Å². The van der Waals surface area contributed by atoms with Crippen molar-refractivity contribution in [2.45, 2.75) is 65.5 Å². The van der Waals surface area contributed by atoms with Gasteiger partial charge in [-0.25, -0.2) is 0 Å². The number of hydrogen-bond donors (Lipinski definition) is 0. The number of carbonyl (C=O) groups is 1. The van der Waals surface area contributed by atoms with Crippen LogP contribution in [0, 0.1) is 12.3 Å². The number of aromatic nitrogens is 1. The van der Waals surface area contributed by atoms with Gasteiger partial charge in [0.25, 0.3) is 8.32 Å². The predicted octanol–water partition coefficient (Wildman–Crippen LogP) is 7.31. The molecular formula is C33H42BrNO4Si. The zero-order valence-electron chi connectivity index (χ0n) is 24.8. The summed E-state index contributed by atoms with van der Waals surface area (Å²) >= 11 is 3.53. The van der Waals surface area contributed by atoms with Crippen molar-refractivity contribution >= 4 is 40.6 Å². The fourth-order valence-corrected chi connectivity index (χ4v) is 10.4. The minimum Gasteiger partial charge on any atom is -0.494 e. The first kappa shape index (κ1) is 31.8. The van der Waals surface area contributed by atoms with E-state index in [1.54, 1.807) is 13.3 Å². The molecular weight excluding hydrogens is 582 g/mol. The summed E-state index contributed by atoms with van der Waals surface area (Å²) in [4.78, 5) is 16.9. The standard InChI is InChI=1S/C33H42BrNO4Si/c1-9-33(7,31(39-25(3)36)29-30(37-8)24(2)28(34)23-35-29)21-16-22-38-40(32(4,5)6,26-17-12-10-13-18-26)27-19-14-11-15-20-27/h9-15,17-20,23,31H,1,16,21-22H2,2-8H3. The van der Waals surface area contributed by atoms with Gasteiger partial charge in [0.1, 0.15) is 11.4 Å². The van der Waals surface area contributed by atoms with E-state index in [0.717, 1.165) is 16.5 Å². The van der Waals surface area contributed by atoms with Crippen LogP contribution in [0.3, 0.4) is 0 Å². The monoisotopic (exact) mass is 623 g/mol. The highest BCUT2D eigenvalue weighted by atomic mass is 79.9. The Balaban J connectivity index is 1.95. The number of benzene rings is 2. The zero-order chi connectivity index (χ0) is 29.6. The van der Waals surface area contributed by atoms with Gasteiger partial charge in [-0.2, -0.15) is 0 Å².